The lowest BCUT2D eigenvalue weighted by molar-refractivity contribution is -0.109. The van der Waals surface area contributed by atoms with Gasteiger partial charge in [-0.05, 0) is 6.42 Å². The number of hydrogen-bond donors (Lipinski definition) is 4. The Morgan fingerprint density at radius 2 is 2.11 bits per heavy atom. The average Bonchev–Trinajstić information content (AvgIpc) is 2.31. The molecular formula is C10H16N4O3S. The van der Waals surface area contributed by atoms with Gasteiger partial charge in [0, 0.05) is 12.7 Å². The van der Waals surface area contributed by atoms with Crippen molar-refractivity contribution < 1.29 is 15.0 Å². The van der Waals surface area contributed by atoms with Crippen molar-refractivity contribution in [3.63, 3.8) is 0 Å². The smallest absolute Gasteiger partial charge is 0.185 e. The van der Waals surface area contributed by atoms with E-state index < -0.39 is 12.2 Å². The average molecular weight is 272 g/mol. The van der Waals surface area contributed by atoms with Crippen molar-refractivity contribution in [1.29, 1.82) is 0 Å². The number of nitrogen functional groups attached to an aromatic ring is 2. The molecule has 2 unspecified atom stereocenters. The Labute approximate surface area is 109 Å². The van der Waals surface area contributed by atoms with Crippen molar-refractivity contribution in [2.45, 2.75) is 25.6 Å². The highest BCUT2D eigenvalue weighted by molar-refractivity contribution is 8.13. The third-order valence-electron chi connectivity index (χ3n) is 2.23. The van der Waals surface area contributed by atoms with E-state index in [2.05, 4.69) is 9.97 Å². The number of nitrogens with zero attached hydrogens (tertiary/aromatic N) is 2. The zero-order valence-corrected chi connectivity index (χ0v) is 10.7. The first kappa shape index (κ1) is 14.7. The SMILES string of the molecule is CC(=O)SCCC(O)C(O)c1cnc(N)c(N)n1. The summed E-state index contributed by atoms with van der Waals surface area (Å²) < 4.78 is 0. The Kier molecular flexibility index (Phi) is 5.32. The van der Waals surface area contributed by atoms with Gasteiger partial charge in [0.05, 0.1) is 18.0 Å². The van der Waals surface area contributed by atoms with Crippen LogP contribution in [0.4, 0.5) is 11.6 Å². The van der Waals surface area contributed by atoms with Crippen LogP contribution in [0.5, 0.6) is 0 Å². The Bertz CT molecular complexity index is 430. The first-order valence-electron chi connectivity index (χ1n) is 5.29. The Morgan fingerprint density at radius 1 is 1.44 bits per heavy atom. The summed E-state index contributed by atoms with van der Waals surface area (Å²) in [6.07, 6.45) is -0.711. The number of anilines is 2. The van der Waals surface area contributed by atoms with Gasteiger partial charge in [-0.25, -0.2) is 9.97 Å². The molecule has 0 spiro atoms. The molecule has 7 nitrogen and oxygen atoms in total. The van der Waals surface area contributed by atoms with Crippen LogP contribution in [-0.2, 0) is 4.79 Å². The van der Waals surface area contributed by atoms with E-state index in [-0.39, 0.29) is 28.9 Å². The Balaban J connectivity index is 2.59. The normalized spacial score (nSPS) is 14.2. The second kappa shape index (κ2) is 6.53. The highest BCUT2D eigenvalue weighted by atomic mass is 32.2. The monoisotopic (exact) mass is 272 g/mol. The lowest BCUT2D eigenvalue weighted by atomic mass is 10.1. The molecule has 0 amide bonds. The first-order chi connectivity index (χ1) is 8.41. The van der Waals surface area contributed by atoms with E-state index in [1.807, 2.05) is 0 Å². The first-order valence-corrected chi connectivity index (χ1v) is 6.27. The van der Waals surface area contributed by atoms with Crippen LogP contribution in [0.1, 0.15) is 25.1 Å². The molecule has 1 aromatic heterocycles. The topological polar surface area (TPSA) is 135 Å². The van der Waals surface area contributed by atoms with Crippen LogP contribution in [0, 0.1) is 0 Å². The molecule has 1 aromatic rings. The van der Waals surface area contributed by atoms with Crippen molar-refractivity contribution in [3.05, 3.63) is 11.9 Å². The summed E-state index contributed by atoms with van der Waals surface area (Å²) in [6, 6.07) is 0. The molecule has 0 fully saturated rings. The van der Waals surface area contributed by atoms with Crippen LogP contribution in [0.2, 0.25) is 0 Å². The zero-order valence-electron chi connectivity index (χ0n) is 9.91. The molecule has 0 saturated heterocycles. The van der Waals surface area contributed by atoms with E-state index >= 15 is 0 Å². The van der Waals surface area contributed by atoms with E-state index in [9.17, 15) is 15.0 Å². The molecule has 0 radical (unpaired) electrons. The fraction of sp³-hybridized carbons (Fsp3) is 0.500. The molecule has 6 N–H and O–H groups in total. The van der Waals surface area contributed by atoms with E-state index in [0.717, 1.165) is 11.8 Å². The number of thioether (sulfide) groups is 1. The van der Waals surface area contributed by atoms with E-state index in [0.29, 0.717) is 5.75 Å². The molecule has 100 valence electrons. The van der Waals surface area contributed by atoms with Gasteiger partial charge in [0.2, 0.25) is 0 Å². The summed E-state index contributed by atoms with van der Waals surface area (Å²) in [5.41, 5.74) is 11.0. The van der Waals surface area contributed by atoms with Crippen molar-refractivity contribution >= 4 is 28.5 Å². The van der Waals surface area contributed by atoms with Crippen molar-refractivity contribution in [2.75, 3.05) is 17.2 Å². The number of carbonyl (C=O) groups is 1. The quantitative estimate of drug-likeness (QED) is 0.574. The highest BCUT2D eigenvalue weighted by Gasteiger charge is 2.20. The number of nitrogens with two attached hydrogens (primary N) is 2. The molecule has 8 heteroatoms. The maximum Gasteiger partial charge on any atom is 0.185 e. The van der Waals surface area contributed by atoms with Crippen LogP contribution in [-0.4, -0.2) is 37.2 Å². The second-order valence-corrected chi connectivity index (χ2v) is 4.98. The molecule has 0 aliphatic rings. The fourth-order valence-corrected chi connectivity index (χ4v) is 1.89. The summed E-state index contributed by atoms with van der Waals surface area (Å²) in [5, 5.41) is 19.5. The molecule has 18 heavy (non-hydrogen) atoms. The minimum absolute atomic E-state index is 0.0110. The standard InChI is InChI=1S/C10H16N4O3S/c1-5(15)18-3-2-7(16)8(17)6-4-13-9(11)10(12)14-6/h4,7-8,16-17H,2-3H2,1H3,(H2,11,13)(H2,12,14). The van der Waals surface area contributed by atoms with Crippen LogP contribution < -0.4 is 11.5 Å². The predicted molar refractivity (Wildman–Crippen MR) is 69.6 cm³/mol. The Morgan fingerprint density at radius 3 is 2.67 bits per heavy atom. The lowest BCUT2D eigenvalue weighted by Gasteiger charge is -2.17. The third kappa shape index (κ3) is 4.13. The third-order valence-corrected chi connectivity index (χ3v) is 3.08. The van der Waals surface area contributed by atoms with Gasteiger partial charge in [-0.2, -0.15) is 0 Å². The molecule has 1 heterocycles. The van der Waals surface area contributed by atoms with Gasteiger partial charge in [-0.15, -0.1) is 0 Å². The molecule has 0 aromatic carbocycles. The molecule has 0 aliphatic carbocycles. The van der Waals surface area contributed by atoms with Gasteiger partial charge < -0.3 is 21.7 Å². The highest BCUT2D eigenvalue weighted by Crippen LogP contribution is 2.20. The van der Waals surface area contributed by atoms with Crippen molar-refractivity contribution in [2.24, 2.45) is 0 Å². The number of aliphatic hydroxyl groups excluding tert-OH is 2. The van der Waals surface area contributed by atoms with Gasteiger partial charge >= 0.3 is 0 Å². The number of hydrogen-bond acceptors (Lipinski definition) is 8. The van der Waals surface area contributed by atoms with E-state index in [4.69, 9.17) is 11.5 Å². The zero-order chi connectivity index (χ0) is 13.7. The predicted octanol–water partition coefficient (Wildman–Crippen LogP) is -0.295. The van der Waals surface area contributed by atoms with Crippen LogP contribution >= 0.6 is 11.8 Å². The van der Waals surface area contributed by atoms with Crippen LogP contribution in [0.3, 0.4) is 0 Å². The van der Waals surface area contributed by atoms with E-state index in [1.54, 1.807) is 0 Å². The van der Waals surface area contributed by atoms with Gasteiger partial charge in [0.15, 0.2) is 16.8 Å². The van der Waals surface area contributed by atoms with Gasteiger partial charge in [0.1, 0.15) is 6.10 Å². The molecule has 1 rings (SSSR count). The van der Waals surface area contributed by atoms with Gasteiger partial charge in [-0.1, -0.05) is 11.8 Å². The number of aliphatic hydroxyl groups is 2. The largest absolute Gasteiger partial charge is 0.390 e. The molecule has 2 atom stereocenters. The summed E-state index contributed by atoms with van der Waals surface area (Å²) in [6.45, 7) is 1.44. The number of carbonyl (C=O) groups excluding carboxylic acids is 1. The van der Waals surface area contributed by atoms with Crippen LogP contribution in [0.25, 0.3) is 0 Å². The minimum Gasteiger partial charge on any atom is -0.390 e. The maximum atomic E-state index is 10.7. The number of rotatable bonds is 5. The van der Waals surface area contributed by atoms with Crippen LogP contribution in [0.15, 0.2) is 6.20 Å². The van der Waals surface area contributed by atoms with Gasteiger partial charge in [0.25, 0.3) is 0 Å². The lowest BCUT2D eigenvalue weighted by Crippen LogP contribution is -2.21. The Hall–Kier alpha value is -1.38. The molecule has 0 aliphatic heterocycles. The van der Waals surface area contributed by atoms with Crippen molar-refractivity contribution in [3.8, 4) is 0 Å². The van der Waals surface area contributed by atoms with Gasteiger partial charge in [-0.3, -0.25) is 4.79 Å². The summed E-state index contributed by atoms with van der Waals surface area (Å²) in [4.78, 5) is 18.3. The number of aromatic nitrogens is 2. The summed E-state index contributed by atoms with van der Waals surface area (Å²) in [7, 11) is 0. The van der Waals surface area contributed by atoms with Crippen molar-refractivity contribution in [1.82, 2.24) is 9.97 Å². The van der Waals surface area contributed by atoms with E-state index in [1.165, 1.54) is 13.1 Å². The molecule has 0 bridgehead atoms. The summed E-state index contributed by atoms with van der Waals surface area (Å²) >= 11 is 1.09. The minimum atomic E-state index is -1.20. The fourth-order valence-electron chi connectivity index (χ4n) is 1.25. The summed E-state index contributed by atoms with van der Waals surface area (Å²) in [5.74, 6) is 0.510. The molecule has 0 saturated carbocycles. The molecular weight excluding hydrogens is 256 g/mol. The maximum absolute atomic E-state index is 10.7. The second-order valence-electron chi connectivity index (χ2n) is 3.71.